The standard InChI is InChI=1S/C12H18N4S/c1-3-5-16-6-4-14-12(16)11(13)7-10-8-17-9(2)15-10/h4,6,8,11H,3,5,7,13H2,1-2H3. The molecule has 0 amide bonds. The van der Waals surface area contributed by atoms with E-state index in [-0.39, 0.29) is 6.04 Å². The monoisotopic (exact) mass is 250 g/mol. The summed E-state index contributed by atoms with van der Waals surface area (Å²) in [6.45, 7) is 5.13. The molecular formula is C12H18N4S. The van der Waals surface area contributed by atoms with E-state index >= 15 is 0 Å². The molecule has 2 aromatic heterocycles. The van der Waals surface area contributed by atoms with E-state index in [2.05, 4.69) is 26.8 Å². The number of imidazole rings is 1. The van der Waals surface area contributed by atoms with Crippen molar-refractivity contribution >= 4 is 11.3 Å². The molecule has 0 radical (unpaired) electrons. The van der Waals surface area contributed by atoms with E-state index in [1.54, 1.807) is 11.3 Å². The van der Waals surface area contributed by atoms with Crippen molar-refractivity contribution in [3.8, 4) is 0 Å². The molecule has 0 aromatic carbocycles. The predicted molar refractivity (Wildman–Crippen MR) is 70.0 cm³/mol. The smallest absolute Gasteiger partial charge is 0.126 e. The van der Waals surface area contributed by atoms with Crippen molar-refractivity contribution in [2.24, 2.45) is 5.73 Å². The summed E-state index contributed by atoms with van der Waals surface area (Å²) in [6.07, 6.45) is 5.65. The minimum Gasteiger partial charge on any atom is -0.334 e. The highest BCUT2D eigenvalue weighted by Crippen LogP contribution is 2.16. The zero-order chi connectivity index (χ0) is 12.3. The third-order valence-electron chi connectivity index (χ3n) is 2.64. The molecule has 0 saturated carbocycles. The second kappa shape index (κ2) is 5.42. The summed E-state index contributed by atoms with van der Waals surface area (Å²) < 4.78 is 2.13. The molecule has 0 saturated heterocycles. The highest BCUT2D eigenvalue weighted by molar-refractivity contribution is 7.09. The van der Waals surface area contributed by atoms with Crippen LogP contribution in [0.1, 0.15) is 35.9 Å². The zero-order valence-electron chi connectivity index (χ0n) is 10.3. The number of aromatic nitrogens is 3. The lowest BCUT2D eigenvalue weighted by Gasteiger charge is -2.12. The van der Waals surface area contributed by atoms with Crippen LogP contribution in [0.5, 0.6) is 0 Å². The number of hydrogen-bond acceptors (Lipinski definition) is 4. The van der Waals surface area contributed by atoms with Crippen LogP contribution in [0.3, 0.4) is 0 Å². The van der Waals surface area contributed by atoms with Gasteiger partial charge in [-0.3, -0.25) is 0 Å². The molecule has 5 heteroatoms. The molecule has 1 unspecified atom stereocenters. The minimum absolute atomic E-state index is 0.0713. The Morgan fingerprint density at radius 2 is 2.35 bits per heavy atom. The number of nitrogens with zero attached hydrogens (tertiary/aromatic N) is 3. The Kier molecular flexibility index (Phi) is 3.91. The summed E-state index contributed by atoms with van der Waals surface area (Å²) in [4.78, 5) is 8.79. The van der Waals surface area contributed by atoms with Gasteiger partial charge in [0.15, 0.2) is 0 Å². The van der Waals surface area contributed by atoms with Gasteiger partial charge in [-0.15, -0.1) is 11.3 Å². The first-order chi connectivity index (χ1) is 8.20. The third kappa shape index (κ3) is 2.92. The quantitative estimate of drug-likeness (QED) is 0.886. The molecular weight excluding hydrogens is 232 g/mol. The van der Waals surface area contributed by atoms with E-state index in [0.717, 1.165) is 35.9 Å². The number of thiazole rings is 1. The Balaban J connectivity index is 2.08. The summed E-state index contributed by atoms with van der Waals surface area (Å²) >= 11 is 1.66. The van der Waals surface area contributed by atoms with Crippen molar-refractivity contribution in [2.45, 2.75) is 39.3 Å². The average Bonchev–Trinajstić information content (AvgIpc) is 2.88. The maximum absolute atomic E-state index is 6.19. The summed E-state index contributed by atoms with van der Waals surface area (Å²) in [7, 11) is 0. The lowest BCUT2D eigenvalue weighted by Crippen LogP contribution is -2.19. The van der Waals surface area contributed by atoms with Crippen LogP contribution in [0.4, 0.5) is 0 Å². The molecule has 0 bridgehead atoms. The molecule has 4 nitrogen and oxygen atoms in total. The second-order valence-electron chi connectivity index (χ2n) is 4.15. The number of aryl methyl sites for hydroxylation is 2. The Bertz CT molecular complexity index is 474. The van der Waals surface area contributed by atoms with Crippen molar-refractivity contribution < 1.29 is 0 Å². The van der Waals surface area contributed by atoms with Gasteiger partial charge in [0.2, 0.25) is 0 Å². The van der Waals surface area contributed by atoms with Gasteiger partial charge >= 0.3 is 0 Å². The van der Waals surface area contributed by atoms with Crippen molar-refractivity contribution in [3.05, 3.63) is 34.3 Å². The SMILES string of the molecule is CCCn1ccnc1C(N)Cc1csc(C)n1. The number of nitrogens with two attached hydrogens (primary N) is 1. The zero-order valence-corrected chi connectivity index (χ0v) is 11.1. The van der Waals surface area contributed by atoms with E-state index in [1.807, 2.05) is 19.3 Å². The normalized spacial score (nSPS) is 12.9. The van der Waals surface area contributed by atoms with Crippen molar-refractivity contribution in [1.82, 2.24) is 14.5 Å². The summed E-state index contributed by atoms with van der Waals surface area (Å²) in [5.41, 5.74) is 7.25. The van der Waals surface area contributed by atoms with E-state index < -0.39 is 0 Å². The van der Waals surface area contributed by atoms with E-state index in [0.29, 0.717) is 0 Å². The Hall–Kier alpha value is -1.20. The number of rotatable bonds is 5. The molecule has 2 rings (SSSR count). The van der Waals surface area contributed by atoms with Crippen LogP contribution in [-0.4, -0.2) is 14.5 Å². The Morgan fingerprint density at radius 3 is 3.00 bits per heavy atom. The molecule has 92 valence electrons. The van der Waals surface area contributed by atoms with Crippen LogP contribution in [0.2, 0.25) is 0 Å². The van der Waals surface area contributed by atoms with E-state index in [1.165, 1.54) is 0 Å². The fourth-order valence-corrected chi connectivity index (χ4v) is 2.52. The van der Waals surface area contributed by atoms with E-state index in [9.17, 15) is 0 Å². The largest absolute Gasteiger partial charge is 0.334 e. The second-order valence-corrected chi connectivity index (χ2v) is 5.21. The molecule has 17 heavy (non-hydrogen) atoms. The van der Waals surface area contributed by atoms with Crippen molar-refractivity contribution in [3.63, 3.8) is 0 Å². The van der Waals surface area contributed by atoms with Gasteiger partial charge in [0.25, 0.3) is 0 Å². The summed E-state index contributed by atoms with van der Waals surface area (Å²) in [6, 6.07) is -0.0713. The summed E-state index contributed by atoms with van der Waals surface area (Å²) in [5.74, 6) is 0.956. The lowest BCUT2D eigenvalue weighted by atomic mass is 10.1. The van der Waals surface area contributed by atoms with Crippen LogP contribution in [0.25, 0.3) is 0 Å². The predicted octanol–water partition coefficient (Wildman–Crippen LogP) is 2.30. The maximum atomic E-state index is 6.19. The Labute approximate surface area is 106 Å². The fraction of sp³-hybridized carbons (Fsp3) is 0.500. The topological polar surface area (TPSA) is 56.7 Å². The first-order valence-electron chi connectivity index (χ1n) is 5.88. The first-order valence-corrected chi connectivity index (χ1v) is 6.76. The highest BCUT2D eigenvalue weighted by atomic mass is 32.1. The van der Waals surface area contributed by atoms with E-state index in [4.69, 9.17) is 5.73 Å². The molecule has 0 aliphatic carbocycles. The molecule has 1 atom stereocenters. The Morgan fingerprint density at radius 1 is 1.53 bits per heavy atom. The van der Waals surface area contributed by atoms with Crippen molar-refractivity contribution in [2.75, 3.05) is 0 Å². The molecule has 0 fully saturated rings. The van der Waals surface area contributed by atoms with Gasteiger partial charge in [-0.2, -0.15) is 0 Å². The first kappa shape index (κ1) is 12.3. The molecule has 2 aromatic rings. The van der Waals surface area contributed by atoms with Gasteiger partial charge in [-0.25, -0.2) is 9.97 Å². The highest BCUT2D eigenvalue weighted by Gasteiger charge is 2.14. The van der Waals surface area contributed by atoms with Crippen LogP contribution in [0, 0.1) is 6.92 Å². The van der Waals surface area contributed by atoms with Gasteiger partial charge in [0.1, 0.15) is 5.82 Å². The molecule has 2 heterocycles. The number of hydrogen-bond donors (Lipinski definition) is 1. The third-order valence-corrected chi connectivity index (χ3v) is 3.46. The van der Waals surface area contributed by atoms with Gasteiger partial charge in [0.05, 0.1) is 16.7 Å². The molecule has 0 aliphatic rings. The maximum Gasteiger partial charge on any atom is 0.126 e. The van der Waals surface area contributed by atoms with Crippen LogP contribution < -0.4 is 5.73 Å². The van der Waals surface area contributed by atoms with Gasteiger partial charge in [-0.05, 0) is 13.3 Å². The van der Waals surface area contributed by atoms with Crippen LogP contribution in [-0.2, 0) is 13.0 Å². The molecule has 0 spiro atoms. The van der Waals surface area contributed by atoms with Crippen molar-refractivity contribution in [1.29, 1.82) is 0 Å². The van der Waals surface area contributed by atoms with Gasteiger partial charge in [-0.1, -0.05) is 6.92 Å². The van der Waals surface area contributed by atoms with Gasteiger partial charge in [0, 0.05) is 30.7 Å². The molecule has 2 N–H and O–H groups in total. The van der Waals surface area contributed by atoms with Gasteiger partial charge < -0.3 is 10.3 Å². The average molecular weight is 250 g/mol. The summed E-state index contributed by atoms with van der Waals surface area (Å²) in [5, 5.41) is 3.16. The van der Waals surface area contributed by atoms with Crippen LogP contribution >= 0.6 is 11.3 Å². The minimum atomic E-state index is -0.0713. The van der Waals surface area contributed by atoms with Crippen LogP contribution in [0.15, 0.2) is 17.8 Å². The lowest BCUT2D eigenvalue weighted by molar-refractivity contribution is 0.571. The fourth-order valence-electron chi connectivity index (χ4n) is 1.90. The molecule has 0 aliphatic heterocycles.